The van der Waals surface area contributed by atoms with Gasteiger partial charge in [0.1, 0.15) is 0 Å². The second-order valence-corrected chi connectivity index (χ2v) is 8.67. The van der Waals surface area contributed by atoms with Crippen LogP contribution in [0.15, 0.2) is 12.2 Å². The van der Waals surface area contributed by atoms with Crippen molar-refractivity contribution >= 4 is 7.92 Å². The highest BCUT2D eigenvalue weighted by Gasteiger charge is 2.39. The first-order chi connectivity index (χ1) is 6.40. The summed E-state index contributed by atoms with van der Waals surface area (Å²) in [7, 11) is 0.157. The Bertz CT molecular complexity index is 189. The maximum atomic E-state index is 2.42. The highest BCUT2D eigenvalue weighted by Crippen LogP contribution is 2.63. The van der Waals surface area contributed by atoms with Gasteiger partial charge >= 0.3 is 0 Å². The van der Waals surface area contributed by atoms with Crippen molar-refractivity contribution in [1.82, 2.24) is 0 Å². The molecule has 0 amide bonds. The van der Waals surface area contributed by atoms with Gasteiger partial charge in [0.05, 0.1) is 0 Å². The lowest BCUT2D eigenvalue weighted by atomic mass is 10.1. The van der Waals surface area contributed by atoms with Crippen LogP contribution in [0.4, 0.5) is 0 Å². The van der Waals surface area contributed by atoms with Crippen LogP contribution in [0, 0.1) is 0 Å². The van der Waals surface area contributed by atoms with Crippen LogP contribution in [0.5, 0.6) is 0 Å². The maximum absolute atomic E-state index is 2.42. The first kappa shape index (κ1) is 14.2. The van der Waals surface area contributed by atoms with Gasteiger partial charge < -0.3 is 0 Å². The largest absolute Gasteiger partial charge is 0.0911 e. The standard InChI is InChI=1S/C11H21P.C2H6/c1-6-12-10(2,3)8-7-9-11(12,4)5;1-2/h7-8H,6,9H2,1-5H3;1-2H3. The number of rotatable bonds is 1. The van der Waals surface area contributed by atoms with Crippen LogP contribution in [-0.2, 0) is 0 Å². The van der Waals surface area contributed by atoms with E-state index in [-0.39, 0.29) is 7.92 Å². The van der Waals surface area contributed by atoms with Crippen molar-refractivity contribution < 1.29 is 0 Å². The van der Waals surface area contributed by atoms with Gasteiger partial charge in [0.15, 0.2) is 0 Å². The molecule has 0 aromatic carbocycles. The van der Waals surface area contributed by atoms with Crippen LogP contribution in [0.1, 0.15) is 54.9 Å². The molecule has 84 valence electrons. The Labute approximate surface area is 91.9 Å². The zero-order chi connectivity index (χ0) is 11.4. The quantitative estimate of drug-likeness (QED) is 0.424. The summed E-state index contributed by atoms with van der Waals surface area (Å²) in [5.41, 5.74) is 0. The lowest BCUT2D eigenvalue weighted by Gasteiger charge is -2.46. The van der Waals surface area contributed by atoms with Crippen LogP contribution in [0.3, 0.4) is 0 Å². The summed E-state index contributed by atoms with van der Waals surface area (Å²) in [6.07, 6.45) is 7.43. The predicted molar refractivity (Wildman–Crippen MR) is 70.7 cm³/mol. The average Bonchev–Trinajstić information content (AvgIpc) is 2.05. The van der Waals surface area contributed by atoms with E-state index in [4.69, 9.17) is 0 Å². The van der Waals surface area contributed by atoms with E-state index in [9.17, 15) is 0 Å². The third-order valence-electron chi connectivity index (χ3n) is 2.89. The van der Waals surface area contributed by atoms with Crippen LogP contribution >= 0.6 is 7.92 Å². The Morgan fingerprint density at radius 1 is 1.14 bits per heavy atom. The molecular weight excluding hydrogens is 187 g/mol. The molecular formula is C13H27P. The number of allylic oxidation sites excluding steroid dienone is 2. The van der Waals surface area contributed by atoms with Crippen molar-refractivity contribution in [1.29, 1.82) is 0 Å². The summed E-state index contributed by atoms with van der Waals surface area (Å²) in [5.74, 6) is 0. The van der Waals surface area contributed by atoms with Crippen LogP contribution in [0.25, 0.3) is 0 Å². The molecule has 1 rings (SSSR count). The summed E-state index contributed by atoms with van der Waals surface area (Å²) < 4.78 is 0. The van der Waals surface area contributed by atoms with Crippen molar-refractivity contribution in [3.8, 4) is 0 Å². The smallest absolute Gasteiger partial charge is 0.00320 e. The molecule has 0 saturated heterocycles. The second kappa shape index (κ2) is 5.31. The van der Waals surface area contributed by atoms with Crippen molar-refractivity contribution in [2.45, 2.75) is 65.2 Å². The minimum Gasteiger partial charge on any atom is -0.0911 e. The van der Waals surface area contributed by atoms with E-state index >= 15 is 0 Å². The molecule has 0 radical (unpaired) electrons. The minimum atomic E-state index is 0.157. The summed E-state index contributed by atoms with van der Waals surface area (Å²) in [4.78, 5) is 0. The van der Waals surface area contributed by atoms with Crippen molar-refractivity contribution in [3.63, 3.8) is 0 Å². The molecule has 1 heterocycles. The Hall–Kier alpha value is 0.170. The molecule has 0 saturated carbocycles. The fraction of sp³-hybridized carbons (Fsp3) is 0.846. The zero-order valence-electron chi connectivity index (χ0n) is 11.0. The molecule has 1 unspecified atom stereocenters. The Balaban J connectivity index is 0.000000791. The molecule has 1 aliphatic heterocycles. The first-order valence-corrected chi connectivity index (χ1v) is 7.38. The topological polar surface area (TPSA) is 0 Å². The number of hydrogen-bond donors (Lipinski definition) is 0. The van der Waals surface area contributed by atoms with E-state index in [2.05, 4.69) is 46.8 Å². The van der Waals surface area contributed by atoms with Gasteiger partial charge in [-0.1, -0.05) is 68.5 Å². The fourth-order valence-corrected chi connectivity index (χ4v) is 6.29. The average molecular weight is 214 g/mol. The Morgan fingerprint density at radius 3 is 1.93 bits per heavy atom. The molecule has 1 heteroatoms. The van der Waals surface area contributed by atoms with Crippen LogP contribution in [0.2, 0.25) is 0 Å². The summed E-state index contributed by atoms with van der Waals surface area (Å²) >= 11 is 0. The molecule has 0 bridgehead atoms. The Kier molecular flexibility index (Phi) is 5.37. The van der Waals surface area contributed by atoms with E-state index in [1.807, 2.05) is 13.8 Å². The fourth-order valence-electron chi connectivity index (χ4n) is 2.45. The summed E-state index contributed by atoms with van der Waals surface area (Å²) in [6.45, 7) is 16.0. The third kappa shape index (κ3) is 3.09. The van der Waals surface area contributed by atoms with Crippen molar-refractivity contribution in [2.24, 2.45) is 0 Å². The molecule has 0 aromatic heterocycles. The lowest BCUT2D eigenvalue weighted by molar-refractivity contribution is 0.659. The molecule has 1 aliphatic rings. The van der Waals surface area contributed by atoms with Crippen molar-refractivity contribution in [2.75, 3.05) is 6.16 Å². The SMILES string of the molecule is CC.CCP1C(C)(C)C=CCC1(C)C. The first-order valence-electron chi connectivity index (χ1n) is 5.85. The monoisotopic (exact) mass is 214 g/mol. The molecule has 0 aromatic rings. The van der Waals surface area contributed by atoms with Gasteiger partial charge in [-0.3, -0.25) is 0 Å². The highest BCUT2D eigenvalue weighted by molar-refractivity contribution is 7.61. The molecule has 0 N–H and O–H groups in total. The van der Waals surface area contributed by atoms with Gasteiger partial charge in [0.2, 0.25) is 0 Å². The summed E-state index contributed by atoms with van der Waals surface area (Å²) in [6, 6.07) is 0. The van der Waals surface area contributed by atoms with Gasteiger partial charge in [-0.05, 0) is 17.7 Å². The van der Waals surface area contributed by atoms with E-state index in [1.54, 1.807) is 0 Å². The third-order valence-corrected chi connectivity index (χ3v) is 6.70. The molecule has 14 heavy (non-hydrogen) atoms. The van der Waals surface area contributed by atoms with Crippen LogP contribution < -0.4 is 0 Å². The highest BCUT2D eigenvalue weighted by atomic mass is 31.1. The van der Waals surface area contributed by atoms with Gasteiger partial charge in [0, 0.05) is 5.16 Å². The molecule has 0 fully saturated rings. The van der Waals surface area contributed by atoms with E-state index < -0.39 is 0 Å². The van der Waals surface area contributed by atoms with Gasteiger partial charge in [-0.2, -0.15) is 0 Å². The van der Waals surface area contributed by atoms with E-state index in [0.717, 1.165) is 0 Å². The van der Waals surface area contributed by atoms with Gasteiger partial charge in [0.25, 0.3) is 0 Å². The number of hydrogen-bond acceptors (Lipinski definition) is 0. The summed E-state index contributed by atoms with van der Waals surface area (Å²) in [5, 5.41) is 1.02. The van der Waals surface area contributed by atoms with E-state index in [1.165, 1.54) is 12.6 Å². The molecule has 0 nitrogen and oxygen atoms in total. The molecule has 0 spiro atoms. The van der Waals surface area contributed by atoms with Crippen LogP contribution in [-0.4, -0.2) is 16.5 Å². The Morgan fingerprint density at radius 2 is 1.64 bits per heavy atom. The second-order valence-electron chi connectivity index (χ2n) is 4.82. The molecule has 1 atom stereocenters. The zero-order valence-corrected chi connectivity index (χ0v) is 11.9. The van der Waals surface area contributed by atoms with Gasteiger partial charge in [-0.15, -0.1) is 0 Å². The van der Waals surface area contributed by atoms with Gasteiger partial charge in [-0.25, -0.2) is 0 Å². The lowest BCUT2D eigenvalue weighted by Crippen LogP contribution is -2.32. The minimum absolute atomic E-state index is 0.157. The molecule has 0 aliphatic carbocycles. The predicted octanol–water partition coefficient (Wildman–Crippen LogP) is 5.03. The van der Waals surface area contributed by atoms with E-state index in [0.29, 0.717) is 10.3 Å². The normalized spacial score (nSPS) is 27.8. The maximum Gasteiger partial charge on any atom is 0.00320 e. The van der Waals surface area contributed by atoms with Crippen molar-refractivity contribution in [3.05, 3.63) is 12.2 Å².